The first kappa shape index (κ1) is 22.5. The highest BCUT2D eigenvalue weighted by Gasteiger charge is 2.33. The monoisotopic (exact) mass is 428 g/mol. The second kappa shape index (κ2) is 10.7. The third-order valence-corrected chi connectivity index (χ3v) is 6.60. The fraction of sp³-hybridized carbons (Fsp3) is 0.500. The molecule has 5 nitrogen and oxygen atoms in total. The lowest BCUT2D eigenvalue weighted by Crippen LogP contribution is -2.47. The van der Waals surface area contributed by atoms with Gasteiger partial charge in [-0.15, -0.1) is 11.3 Å². The van der Waals surface area contributed by atoms with Gasteiger partial charge in [-0.1, -0.05) is 36.8 Å². The molecular formula is C24H32N2O3S. The Morgan fingerprint density at radius 3 is 2.70 bits per heavy atom. The molecule has 2 aromatic rings. The minimum Gasteiger partial charge on any atom is -0.385 e. The summed E-state index contributed by atoms with van der Waals surface area (Å²) in [5, 5.41) is 2.11. The van der Waals surface area contributed by atoms with E-state index < -0.39 is 0 Å². The predicted molar refractivity (Wildman–Crippen MR) is 121 cm³/mol. The number of fused-ring (bicyclic) bond motifs is 1. The molecule has 6 heteroatoms. The van der Waals surface area contributed by atoms with Gasteiger partial charge in [-0.05, 0) is 48.8 Å². The molecule has 0 N–H and O–H groups in total. The molecule has 0 saturated carbocycles. The maximum atomic E-state index is 13.4. The second-order valence-corrected chi connectivity index (χ2v) is 8.86. The Kier molecular flexibility index (Phi) is 8.05. The molecule has 1 aliphatic heterocycles. The first-order valence-electron chi connectivity index (χ1n) is 10.7. The number of hydrogen-bond donors (Lipinski definition) is 0. The van der Waals surface area contributed by atoms with Crippen molar-refractivity contribution >= 4 is 23.2 Å². The van der Waals surface area contributed by atoms with E-state index >= 15 is 0 Å². The van der Waals surface area contributed by atoms with Crippen molar-refractivity contribution in [1.82, 2.24) is 9.80 Å². The average molecular weight is 429 g/mol. The minimum atomic E-state index is -0.0878. The normalized spacial score (nSPS) is 15.7. The van der Waals surface area contributed by atoms with E-state index in [0.29, 0.717) is 26.1 Å². The standard InChI is InChI=1S/C24H32N2O3S/c1-4-6-22(27)25(13-5-15-29-3)17-23(28)26-14-11-21-20(12-16-30-21)24(26)19-9-7-18(2)8-10-19/h7-10,12,16,24H,4-6,11,13-15,17H2,1-3H3/t24-/m1/s1. The van der Waals surface area contributed by atoms with Gasteiger partial charge in [0, 0.05) is 38.1 Å². The Bertz CT molecular complexity index is 846. The molecule has 0 fully saturated rings. The first-order chi connectivity index (χ1) is 14.5. The number of ether oxygens (including phenoxy) is 1. The summed E-state index contributed by atoms with van der Waals surface area (Å²) in [4.78, 5) is 31.1. The van der Waals surface area contributed by atoms with Gasteiger partial charge in [-0.2, -0.15) is 0 Å². The van der Waals surface area contributed by atoms with Crippen LogP contribution in [0.15, 0.2) is 35.7 Å². The van der Waals surface area contributed by atoms with Gasteiger partial charge in [-0.25, -0.2) is 0 Å². The Morgan fingerprint density at radius 2 is 2.00 bits per heavy atom. The number of rotatable bonds is 9. The predicted octanol–water partition coefficient (Wildman–Crippen LogP) is 4.20. The zero-order chi connectivity index (χ0) is 21.5. The Balaban J connectivity index is 1.82. The minimum absolute atomic E-state index is 0.0132. The largest absolute Gasteiger partial charge is 0.385 e. The summed E-state index contributed by atoms with van der Waals surface area (Å²) in [5.74, 6) is 0.0568. The lowest BCUT2D eigenvalue weighted by atomic mass is 9.92. The number of nitrogens with zero attached hydrogens (tertiary/aromatic N) is 2. The lowest BCUT2D eigenvalue weighted by molar-refractivity contribution is -0.142. The van der Waals surface area contributed by atoms with Crippen molar-refractivity contribution in [3.8, 4) is 0 Å². The molecule has 0 unspecified atom stereocenters. The van der Waals surface area contributed by atoms with E-state index in [4.69, 9.17) is 4.74 Å². The van der Waals surface area contributed by atoms with Crippen LogP contribution in [0, 0.1) is 6.92 Å². The topological polar surface area (TPSA) is 49.9 Å². The quantitative estimate of drug-likeness (QED) is 0.563. The van der Waals surface area contributed by atoms with E-state index in [1.807, 2.05) is 11.8 Å². The van der Waals surface area contributed by atoms with Crippen LogP contribution in [0.25, 0.3) is 0 Å². The molecule has 1 aliphatic rings. The van der Waals surface area contributed by atoms with Gasteiger partial charge in [0.25, 0.3) is 0 Å². The molecule has 2 amide bonds. The third-order valence-electron chi connectivity index (χ3n) is 5.60. The van der Waals surface area contributed by atoms with Crippen LogP contribution in [0.1, 0.15) is 53.8 Å². The van der Waals surface area contributed by atoms with Gasteiger partial charge in [-0.3, -0.25) is 9.59 Å². The number of hydrogen-bond acceptors (Lipinski definition) is 4. The van der Waals surface area contributed by atoms with E-state index in [9.17, 15) is 9.59 Å². The molecule has 0 aliphatic carbocycles. The van der Waals surface area contributed by atoms with Crippen LogP contribution in [-0.4, -0.2) is 55.0 Å². The number of thiophene rings is 1. The summed E-state index contributed by atoms with van der Waals surface area (Å²) in [6, 6.07) is 10.5. The van der Waals surface area contributed by atoms with Crippen molar-refractivity contribution in [3.63, 3.8) is 0 Å². The Labute approximate surface area is 183 Å². The van der Waals surface area contributed by atoms with Crippen LogP contribution in [0.5, 0.6) is 0 Å². The van der Waals surface area contributed by atoms with E-state index in [1.165, 1.54) is 16.0 Å². The van der Waals surface area contributed by atoms with Crippen LogP contribution in [-0.2, 0) is 20.7 Å². The highest BCUT2D eigenvalue weighted by Crippen LogP contribution is 2.38. The van der Waals surface area contributed by atoms with Crippen molar-refractivity contribution in [2.75, 3.05) is 33.4 Å². The number of aryl methyl sites for hydroxylation is 1. The summed E-state index contributed by atoms with van der Waals surface area (Å²) < 4.78 is 5.14. The first-order valence-corrected chi connectivity index (χ1v) is 11.6. The molecule has 1 aromatic heterocycles. The molecular weight excluding hydrogens is 396 g/mol. The SMILES string of the molecule is CCCC(=O)N(CCCOC)CC(=O)N1CCc2sccc2[C@H]1c1ccc(C)cc1. The van der Waals surface area contributed by atoms with E-state index in [2.05, 4.69) is 42.6 Å². The van der Waals surface area contributed by atoms with Crippen LogP contribution in [0.4, 0.5) is 0 Å². The van der Waals surface area contributed by atoms with Crippen molar-refractivity contribution in [2.45, 2.75) is 45.6 Å². The molecule has 0 radical (unpaired) electrons. The van der Waals surface area contributed by atoms with Gasteiger partial charge < -0.3 is 14.5 Å². The van der Waals surface area contributed by atoms with Crippen molar-refractivity contribution in [1.29, 1.82) is 0 Å². The van der Waals surface area contributed by atoms with Crippen molar-refractivity contribution in [3.05, 3.63) is 57.3 Å². The van der Waals surface area contributed by atoms with E-state index in [0.717, 1.165) is 24.8 Å². The fourth-order valence-corrected chi connectivity index (χ4v) is 4.91. The van der Waals surface area contributed by atoms with Crippen molar-refractivity contribution < 1.29 is 14.3 Å². The Hall–Kier alpha value is -2.18. The molecule has 3 rings (SSSR count). The van der Waals surface area contributed by atoms with Crippen LogP contribution < -0.4 is 0 Å². The highest BCUT2D eigenvalue weighted by atomic mass is 32.1. The summed E-state index contributed by atoms with van der Waals surface area (Å²) in [5.41, 5.74) is 3.54. The molecule has 1 atom stereocenters. The molecule has 0 spiro atoms. The average Bonchev–Trinajstić information content (AvgIpc) is 3.22. The zero-order valence-electron chi connectivity index (χ0n) is 18.2. The van der Waals surface area contributed by atoms with Crippen molar-refractivity contribution in [2.24, 2.45) is 0 Å². The van der Waals surface area contributed by atoms with Gasteiger partial charge >= 0.3 is 0 Å². The van der Waals surface area contributed by atoms with Gasteiger partial charge in [0.05, 0.1) is 12.6 Å². The third kappa shape index (κ3) is 5.29. The maximum Gasteiger partial charge on any atom is 0.242 e. The summed E-state index contributed by atoms with van der Waals surface area (Å²) >= 11 is 1.76. The number of carbonyl (C=O) groups excluding carboxylic acids is 2. The molecule has 0 saturated heterocycles. The van der Waals surface area contributed by atoms with Gasteiger partial charge in [0.15, 0.2) is 0 Å². The second-order valence-electron chi connectivity index (χ2n) is 7.86. The van der Waals surface area contributed by atoms with Crippen LogP contribution >= 0.6 is 11.3 Å². The molecule has 0 bridgehead atoms. The summed E-state index contributed by atoms with van der Waals surface area (Å²) in [7, 11) is 1.65. The van der Waals surface area contributed by atoms with Crippen LogP contribution in [0.3, 0.4) is 0 Å². The Morgan fingerprint density at radius 1 is 1.23 bits per heavy atom. The lowest BCUT2D eigenvalue weighted by Gasteiger charge is -2.37. The number of amides is 2. The number of methoxy groups -OCH3 is 1. The molecule has 2 heterocycles. The highest BCUT2D eigenvalue weighted by molar-refractivity contribution is 7.10. The molecule has 30 heavy (non-hydrogen) atoms. The van der Waals surface area contributed by atoms with Crippen LogP contribution in [0.2, 0.25) is 0 Å². The smallest absolute Gasteiger partial charge is 0.242 e. The van der Waals surface area contributed by atoms with Gasteiger partial charge in [0.2, 0.25) is 11.8 Å². The fourth-order valence-electron chi connectivity index (χ4n) is 4.01. The van der Waals surface area contributed by atoms with E-state index in [1.54, 1.807) is 23.3 Å². The molecule has 162 valence electrons. The number of carbonyl (C=O) groups is 2. The molecule has 1 aromatic carbocycles. The van der Waals surface area contributed by atoms with E-state index in [-0.39, 0.29) is 24.4 Å². The summed E-state index contributed by atoms with van der Waals surface area (Å²) in [6.07, 6.45) is 2.85. The van der Waals surface area contributed by atoms with Gasteiger partial charge in [0.1, 0.15) is 0 Å². The number of benzene rings is 1. The zero-order valence-corrected chi connectivity index (χ0v) is 19.0. The maximum absolute atomic E-state index is 13.4. The summed E-state index contributed by atoms with van der Waals surface area (Å²) in [6.45, 7) is 6.00.